The Balaban J connectivity index is 1.75. The molecule has 0 bridgehead atoms. The normalized spacial score (nSPS) is 11.7. The molecule has 0 aliphatic heterocycles. The standard InChI is InChI=1S/C42H59N4OS/c1-9-43(10-2)35-24-20-33(21-25-35)42(34-22-26-36(27-23-34)44(11-3)12-4)39-28-29-40(38-18-15-14-17-37(38)39)45(13-5)41(47)19-16-30-46(6,7)31-32-48-8/h14-15,17-18,20-29,42H,9-13,16,19,30-32H2,1-8H3/q+1. The second-order valence-corrected chi connectivity index (χ2v) is 14.3. The molecule has 4 aromatic carbocycles. The molecular formula is C42H59N4OS+. The molecule has 5 nitrogen and oxygen atoms in total. The molecule has 0 atom stereocenters. The lowest BCUT2D eigenvalue weighted by Gasteiger charge is -2.30. The van der Waals surface area contributed by atoms with Crippen molar-refractivity contribution in [1.82, 2.24) is 0 Å². The van der Waals surface area contributed by atoms with Gasteiger partial charge in [0.05, 0.1) is 32.9 Å². The third kappa shape index (κ3) is 8.95. The quantitative estimate of drug-likeness (QED) is 0.0781. The summed E-state index contributed by atoms with van der Waals surface area (Å²) in [5, 5.41) is 2.33. The Morgan fingerprint density at radius 3 is 1.67 bits per heavy atom. The Hall–Kier alpha value is -3.48. The van der Waals surface area contributed by atoms with E-state index in [1.165, 1.54) is 33.5 Å². The number of fused-ring (bicyclic) bond motifs is 1. The zero-order valence-corrected chi connectivity index (χ0v) is 31.7. The molecule has 0 aliphatic rings. The predicted molar refractivity (Wildman–Crippen MR) is 212 cm³/mol. The van der Waals surface area contributed by atoms with Crippen LogP contribution in [-0.4, -0.2) is 82.3 Å². The fourth-order valence-corrected chi connectivity index (χ4v) is 7.68. The number of rotatable bonds is 18. The van der Waals surface area contributed by atoms with Crippen LogP contribution >= 0.6 is 11.8 Å². The number of hydrogen-bond donors (Lipinski definition) is 0. The van der Waals surface area contributed by atoms with Crippen molar-refractivity contribution >= 4 is 45.5 Å². The molecule has 0 unspecified atom stereocenters. The number of anilines is 3. The Morgan fingerprint density at radius 1 is 0.667 bits per heavy atom. The van der Waals surface area contributed by atoms with E-state index in [1.54, 1.807) is 0 Å². The van der Waals surface area contributed by atoms with E-state index < -0.39 is 0 Å². The monoisotopic (exact) mass is 667 g/mol. The molecule has 0 saturated heterocycles. The van der Waals surface area contributed by atoms with Crippen LogP contribution in [0.3, 0.4) is 0 Å². The lowest BCUT2D eigenvalue weighted by molar-refractivity contribution is -0.887. The fraction of sp³-hybridized carbons (Fsp3) is 0.452. The highest BCUT2D eigenvalue weighted by Crippen LogP contribution is 2.40. The van der Waals surface area contributed by atoms with E-state index in [0.717, 1.165) is 67.0 Å². The molecule has 4 aromatic rings. The summed E-state index contributed by atoms with van der Waals surface area (Å²) in [6.45, 7) is 17.7. The highest BCUT2D eigenvalue weighted by molar-refractivity contribution is 7.98. The summed E-state index contributed by atoms with van der Waals surface area (Å²) in [5.41, 5.74) is 7.31. The fourth-order valence-electron chi connectivity index (χ4n) is 7.00. The van der Waals surface area contributed by atoms with Crippen LogP contribution in [0.4, 0.5) is 17.1 Å². The van der Waals surface area contributed by atoms with Crippen LogP contribution in [0.15, 0.2) is 84.9 Å². The van der Waals surface area contributed by atoms with Gasteiger partial charge in [-0.3, -0.25) is 4.79 Å². The topological polar surface area (TPSA) is 26.8 Å². The van der Waals surface area contributed by atoms with Crippen molar-refractivity contribution in [3.8, 4) is 0 Å². The smallest absolute Gasteiger partial charge is 0.227 e. The lowest BCUT2D eigenvalue weighted by atomic mass is 9.82. The number of benzene rings is 4. The molecule has 4 rings (SSSR count). The lowest BCUT2D eigenvalue weighted by Crippen LogP contribution is -2.42. The molecule has 0 heterocycles. The number of hydrogen-bond acceptors (Lipinski definition) is 4. The highest BCUT2D eigenvalue weighted by atomic mass is 32.2. The van der Waals surface area contributed by atoms with Crippen molar-refractivity contribution in [1.29, 1.82) is 0 Å². The van der Waals surface area contributed by atoms with E-state index in [0.29, 0.717) is 13.0 Å². The molecule has 0 aromatic heterocycles. The number of amides is 1. The third-order valence-electron chi connectivity index (χ3n) is 9.92. The minimum atomic E-state index is 0.0486. The maximum atomic E-state index is 13.8. The van der Waals surface area contributed by atoms with Gasteiger partial charge in [-0.05, 0) is 93.3 Å². The molecule has 48 heavy (non-hydrogen) atoms. The van der Waals surface area contributed by atoms with Gasteiger partial charge >= 0.3 is 0 Å². The first-order valence-electron chi connectivity index (χ1n) is 18.0. The molecule has 0 spiro atoms. The van der Waals surface area contributed by atoms with Crippen LogP contribution < -0.4 is 14.7 Å². The molecule has 0 saturated carbocycles. The van der Waals surface area contributed by atoms with E-state index in [9.17, 15) is 4.79 Å². The van der Waals surface area contributed by atoms with E-state index in [-0.39, 0.29) is 11.8 Å². The predicted octanol–water partition coefficient (Wildman–Crippen LogP) is 9.28. The summed E-state index contributed by atoms with van der Waals surface area (Å²) >= 11 is 1.89. The van der Waals surface area contributed by atoms with Crippen LogP contribution in [0.5, 0.6) is 0 Å². The third-order valence-corrected chi connectivity index (χ3v) is 10.5. The number of carbonyl (C=O) groups is 1. The molecular weight excluding hydrogens is 609 g/mol. The van der Waals surface area contributed by atoms with Crippen molar-refractivity contribution in [3.05, 3.63) is 102 Å². The van der Waals surface area contributed by atoms with Gasteiger partial charge in [0.2, 0.25) is 5.91 Å². The van der Waals surface area contributed by atoms with Gasteiger partial charge < -0.3 is 19.2 Å². The van der Waals surface area contributed by atoms with Gasteiger partial charge in [-0.2, -0.15) is 11.8 Å². The highest BCUT2D eigenvalue weighted by Gasteiger charge is 2.24. The molecule has 1 amide bonds. The first kappa shape index (κ1) is 37.3. The molecule has 0 fully saturated rings. The summed E-state index contributed by atoms with van der Waals surface area (Å²) in [4.78, 5) is 20.5. The number of carbonyl (C=O) groups excluding carboxylic acids is 1. The van der Waals surface area contributed by atoms with Crippen LogP contribution in [0.2, 0.25) is 0 Å². The van der Waals surface area contributed by atoms with Crippen LogP contribution in [0, 0.1) is 0 Å². The summed E-state index contributed by atoms with van der Waals surface area (Å²) in [6.07, 6.45) is 3.61. The number of thioether (sulfide) groups is 1. The number of nitrogens with zero attached hydrogens (tertiary/aromatic N) is 4. The van der Waals surface area contributed by atoms with E-state index in [4.69, 9.17) is 0 Å². The molecule has 0 radical (unpaired) electrons. The van der Waals surface area contributed by atoms with Gasteiger partial charge in [0.1, 0.15) is 0 Å². The van der Waals surface area contributed by atoms with E-state index in [1.807, 2.05) is 16.7 Å². The summed E-state index contributed by atoms with van der Waals surface area (Å²) in [5.74, 6) is 1.39. The first-order chi connectivity index (χ1) is 23.2. The summed E-state index contributed by atoms with van der Waals surface area (Å²) in [7, 11) is 4.55. The van der Waals surface area contributed by atoms with Gasteiger partial charge in [0.15, 0.2) is 0 Å². The van der Waals surface area contributed by atoms with Crippen molar-refractivity contribution in [2.75, 3.05) is 86.6 Å². The summed E-state index contributed by atoms with van der Waals surface area (Å²) < 4.78 is 0.949. The van der Waals surface area contributed by atoms with Gasteiger partial charge in [0.25, 0.3) is 0 Å². The van der Waals surface area contributed by atoms with Crippen molar-refractivity contribution in [2.24, 2.45) is 0 Å². The minimum Gasteiger partial charge on any atom is -0.372 e. The Bertz CT molecular complexity index is 1520. The SMILES string of the molecule is CCN(CC)c1ccc(C(c2ccc(N(CC)CC)cc2)c2ccc(N(CC)C(=O)CCC[N+](C)(C)CCSC)c3ccccc23)cc1. The maximum absolute atomic E-state index is 13.8. The van der Waals surface area contributed by atoms with Crippen molar-refractivity contribution in [3.63, 3.8) is 0 Å². The Morgan fingerprint density at radius 2 is 1.19 bits per heavy atom. The van der Waals surface area contributed by atoms with Gasteiger partial charge in [-0.25, -0.2) is 0 Å². The average molecular weight is 668 g/mol. The number of quaternary nitrogens is 1. The zero-order valence-electron chi connectivity index (χ0n) is 30.8. The summed E-state index contributed by atoms with van der Waals surface area (Å²) in [6, 6.07) is 31.4. The van der Waals surface area contributed by atoms with Crippen LogP contribution in [-0.2, 0) is 4.79 Å². The van der Waals surface area contributed by atoms with Crippen molar-refractivity contribution in [2.45, 2.75) is 53.4 Å². The van der Waals surface area contributed by atoms with Crippen LogP contribution in [0.25, 0.3) is 10.8 Å². The van der Waals surface area contributed by atoms with Crippen molar-refractivity contribution < 1.29 is 9.28 Å². The van der Waals surface area contributed by atoms with E-state index in [2.05, 4.69) is 150 Å². The maximum Gasteiger partial charge on any atom is 0.227 e. The molecule has 0 aliphatic carbocycles. The second-order valence-electron chi connectivity index (χ2n) is 13.3. The largest absolute Gasteiger partial charge is 0.372 e. The van der Waals surface area contributed by atoms with Crippen LogP contribution in [0.1, 0.15) is 70.1 Å². The van der Waals surface area contributed by atoms with E-state index >= 15 is 0 Å². The first-order valence-corrected chi connectivity index (χ1v) is 19.4. The Kier molecular flexibility index (Phi) is 13.8. The second kappa shape index (κ2) is 17.8. The Labute approximate surface area is 295 Å². The minimum absolute atomic E-state index is 0.0486. The molecule has 6 heteroatoms. The average Bonchev–Trinajstić information content (AvgIpc) is 3.10. The molecule has 0 N–H and O–H groups in total. The van der Waals surface area contributed by atoms with Gasteiger partial charge in [-0.1, -0.05) is 54.6 Å². The van der Waals surface area contributed by atoms with Gasteiger partial charge in [-0.15, -0.1) is 0 Å². The molecule has 258 valence electrons. The van der Waals surface area contributed by atoms with Gasteiger partial charge in [0, 0.05) is 74.0 Å². The zero-order chi connectivity index (χ0) is 34.7.